The highest BCUT2D eigenvalue weighted by atomic mass is 14.7. The normalized spacial score (nSPS) is 13.5. The van der Waals surface area contributed by atoms with E-state index in [4.69, 9.17) is 0 Å². The van der Waals surface area contributed by atoms with Crippen molar-refractivity contribution < 1.29 is 0 Å². The van der Waals surface area contributed by atoms with Crippen molar-refractivity contribution in [2.45, 2.75) is 6.42 Å². The summed E-state index contributed by atoms with van der Waals surface area (Å²) < 4.78 is 0. The zero-order valence-corrected chi connectivity index (χ0v) is 6.12. The van der Waals surface area contributed by atoms with Crippen molar-refractivity contribution >= 4 is 18.5 Å². The van der Waals surface area contributed by atoms with E-state index in [1.165, 1.54) is 10.4 Å². The van der Waals surface area contributed by atoms with Crippen LogP contribution in [0.5, 0.6) is 0 Å². The van der Waals surface area contributed by atoms with Gasteiger partial charge in [0.05, 0.1) is 5.22 Å². The first-order valence-electron chi connectivity index (χ1n) is 3.65. The lowest BCUT2D eigenvalue weighted by Gasteiger charge is -1.80. The fourth-order valence-corrected chi connectivity index (χ4v) is 1.14. The van der Waals surface area contributed by atoms with Crippen LogP contribution in [0.15, 0.2) is 29.3 Å². The maximum absolute atomic E-state index is 4.01. The van der Waals surface area contributed by atoms with Crippen molar-refractivity contribution in [3.8, 4) is 0 Å². The maximum Gasteiger partial charge on any atom is 0.190 e. The summed E-state index contributed by atoms with van der Waals surface area (Å²) in [7, 11) is 0. The first-order valence-corrected chi connectivity index (χ1v) is 3.65. The van der Waals surface area contributed by atoms with Gasteiger partial charge in [-0.05, 0) is 17.1 Å². The molecule has 1 heteroatoms. The standard InChI is InChI=1S/C10H8N/c1-2-5-10-8-11-7-3-6-9(10)4-1/h1-2,4-6,8H,3H2/q+1. The predicted molar refractivity (Wildman–Crippen MR) is 46.7 cm³/mol. The first-order chi connectivity index (χ1) is 5.47. The van der Waals surface area contributed by atoms with Crippen molar-refractivity contribution in [3.05, 3.63) is 34.7 Å². The van der Waals surface area contributed by atoms with Gasteiger partial charge in [0.1, 0.15) is 6.42 Å². The molecule has 11 heavy (non-hydrogen) atoms. The maximum atomic E-state index is 4.01. The van der Waals surface area contributed by atoms with Gasteiger partial charge in [-0.2, -0.15) is 0 Å². The summed E-state index contributed by atoms with van der Waals surface area (Å²) in [6, 6.07) is 8.20. The van der Waals surface area contributed by atoms with E-state index in [0.29, 0.717) is 0 Å². The molecule has 0 unspecified atom stereocenters. The number of rotatable bonds is 0. The van der Waals surface area contributed by atoms with E-state index < -0.39 is 0 Å². The summed E-state index contributed by atoms with van der Waals surface area (Å²) in [5.41, 5.74) is 0. The summed E-state index contributed by atoms with van der Waals surface area (Å²) in [5.74, 6) is 0. The van der Waals surface area contributed by atoms with Crippen LogP contribution in [0.3, 0.4) is 0 Å². The van der Waals surface area contributed by atoms with Crippen molar-refractivity contribution in [2.75, 3.05) is 0 Å². The molecule has 1 aliphatic heterocycles. The molecule has 0 atom stereocenters. The molecular formula is C10H8N+. The fraction of sp³-hybridized carbons (Fsp3) is 0.100. The second-order valence-corrected chi connectivity index (χ2v) is 2.45. The molecule has 0 saturated heterocycles. The average Bonchev–Trinajstić information content (AvgIpc) is 2.28. The lowest BCUT2D eigenvalue weighted by molar-refractivity contribution is 1.49. The summed E-state index contributed by atoms with van der Waals surface area (Å²) in [6.07, 6.45) is 7.69. The number of nitrogens with zero attached hydrogens (tertiary/aromatic N) is 1. The van der Waals surface area contributed by atoms with E-state index >= 15 is 0 Å². The average molecular weight is 142 g/mol. The Morgan fingerprint density at radius 1 is 1.18 bits per heavy atom. The molecule has 0 fully saturated rings. The van der Waals surface area contributed by atoms with E-state index in [1.807, 2.05) is 18.3 Å². The predicted octanol–water partition coefficient (Wildman–Crippen LogP) is 0.557. The van der Waals surface area contributed by atoms with E-state index in [9.17, 15) is 0 Å². The molecule has 0 amide bonds. The van der Waals surface area contributed by atoms with Crippen molar-refractivity contribution in [1.82, 2.24) is 0 Å². The third-order valence-corrected chi connectivity index (χ3v) is 1.70. The van der Waals surface area contributed by atoms with Crippen LogP contribution in [0, 0.1) is 0 Å². The molecule has 1 aromatic rings. The SMILES string of the molecule is [C+]1=NC=c2ccccc2=CC1. The lowest BCUT2D eigenvalue weighted by Crippen LogP contribution is -2.22. The van der Waals surface area contributed by atoms with Crippen LogP contribution in [0.4, 0.5) is 0 Å². The topological polar surface area (TPSA) is 12.4 Å². The number of benzene rings is 1. The second-order valence-electron chi connectivity index (χ2n) is 2.45. The van der Waals surface area contributed by atoms with Gasteiger partial charge in [0.25, 0.3) is 0 Å². The Hall–Kier alpha value is -1.46. The minimum Gasteiger partial charge on any atom is -0.0615 e. The summed E-state index contributed by atoms with van der Waals surface area (Å²) in [5, 5.41) is 2.43. The van der Waals surface area contributed by atoms with Crippen molar-refractivity contribution in [1.29, 1.82) is 0 Å². The van der Waals surface area contributed by atoms with Crippen LogP contribution in [0.1, 0.15) is 6.42 Å². The molecule has 0 spiro atoms. The van der Waals surface area contributed by atoms with Crippen LogP contribution in [-0.4, -0.2) is 6.21 Å². The van der Waals surface area contributed by atoms with Crippen molar-refractivity contribution in [2.24, 2.45) is 4.99 Å². The Balaban J connectivity index is 2.81. The Morgan fingerprint density at radius 2 is 2.00 bits per heavy atom. The summed E-state index contributed by atoms with van der Waals surface area (Å²) in [4.78, 5) is 4.01. The Kier molecular flexibility index (Phi) is 1.51. The Bertz CT molecular complexity index is 388. The van der Waals surface area contributed by atoms with Crippen LogP contribution < -0.4 is 10.4 Å². The lowest BCUT2D eigenvalue weighted by atomic mass is 10.2. The molecule has 52 valence electrons. The van der Waals surface area contributed by atoms with E-state index in [-0.39, 0.29) is 0 Å². The number of hydrogen-bond acceptors (Lipinski definition) is 1. The van der Waals surface area contributed by atoms with Gasteiger partial charge in [-0.15, -0.1) is 0 Å². The molecule has 0 aromatic heterocycles. The van der Waals surface area contributed by atoms with Crippen LogP contribution in [0.25, 0.3) is 12.3 Å². The van der Waals surface area contributed by atoms with Crippen LogP contribution >= 0.6 is 0 Å². The molecule has 1 aromatic carbocycles. The minimum atomic E-state index is 0.813. The largest absolute Gasteiger partial charge is 0.190 e. The highest BCUT2D eigenvalue weighted by molar-refractivity contribution is 5.69. The highest BCUT2D eigenvalue weighted by Crippen LogP contribution is 1.82. The molecule has 0 saturated carbocycles. The van der Waals surface area contributed by atoms with Gasteiger partial charge < -0.3 is 0 Å². The van der Waals surface area contributed by atoms with Gasteiger partial charge in [0, 0.05) is 5.22 Å². The van der Waals surface area contributed by atoms with Crippen LogP contribution in [0.2, 0.25) is 0 Å². The monoisotopic (exact) mass is 142 g/mol. The van der Waals surface area contributed by atoms with E-state index in [1.54, 1.807) is 0 Å². The first kappa shape index (κ1) is 6.26. The smallest absolute Gasteiger partial charge is 0.0615 e. The van der Waals surface area contributed by atoms with Gasteiger partial charge in [-0.25, -0.2) is 0 Å². The number of fused-ring (bicyclic) bond motifs is 1. The third kappa shape index (κ3) is 1.19. The van der Waals surface area contributed by atoms with Gasteiger partial charge in [-0.3, -0.25) is 0 Å². The van der Waals surface area contributed by atoms with E-state index in [2.05, 4.69) is 29.4 Å². The summed E-state index contributed by atoms with van der Waals surface area (Å²) >= 11 is 0. The molecule has 0 aliphatic carbocycles. The number of aliphatic imine (C=N–C) groups is 1. The molecule has 2 rings (SSSR count). The minimum absolute atomic E-state index is 0.813. The van der Waals surface area contributed by atoms with Gasteiger partial charge >= 0.3 is 0 Å². The quantitative estimate of drug-likeness (QED) is 0.469. The molecule has 0 N–H and O–H groups in total. The molecule has 1 heterocycles. The molecule has 0 bridgehead atoms. The van der Waals surface area contributed by atoms with Gasteiger partial charge in [0.15, 0.2) is 12.4 Å². The van der Waals surface area contributed by atoms with Crippen LogP contribution in [-0.2, 0) is 0 Å². The molecule has 0 radical (unpaired) electrons. The molecule has 1 nitrogen and oxygen atoms in total. The zero-order valence-electron chi connectivity index (χ0n) is 6.12. The fourth-order valence-electron chi connectivity index (χ4n) is 1.14. The molecular weight excluding hydrogens is 134 g/mol. The Morgan fingerprint density at radius 3 is 2.91 bits per heavy atom. The van der Waals surface area contributed by atoms with E-state index in [0.717, 1.165) is 6.42 Å². The third-order valence-electron chi connectivity index (χ3n) is 1.70. The Labute approximate surface area is 65.4 Å². The summed E-state index contributed by atoms with van der Waals surface area (Å²) in [6.45, 7) is 0. The second kappa shape index (κ2) is 2.65. The van der Waals surface area contributed by atoms with Gasteiger partial charge in [-0.1, -0.05) is 18.2 Å². The number of hydrogen-bond donors (Lipinski definition) is 0. The van der Waals surface area contributed by atoms with Gasteiger partial charge in [0.2, 0.25) is 0 Å². The molecule has 1 aliphatic rings. The highest BCUT2D eigenvalue weighted by Gasteiger charge is 1.93. The zero-order chi connectivity index (χ0) is 7.52. The van der Waals surface area contributed by atoms with Crippen molar-refractivity contribution in [3.63, 3.8) is 0 Å².